The maximum atomic E-state index is 13.4. The molecule has 1 amide bonds. The Kier molecular flexibility index (Phi) is 7.51. The van der Waals surface area contributed by atoms with E-state index in [9.17, 15) is 14.4 Å². The highest BCUT2D eigenvalue weighted by Crippen LogP contribution is 2.33. The highest BCUT2D eigenvalue weighted by molar-refractivity contribution is 6.34. The van der Waals surface area contributed by atoms with E-state index in [1.54, 1.807) is 36.4 Å². The van der Waals surface area contributed by atoms with Crippen LogP contribution in [0.5, 0.6) is 5.75 Å². The Morgan fingerprint density at radius 3 is 2.24 bits per heavy atom. The second kappa shape index (κ2) is 10.3. The fraction of sp³-hybridized carbons (Fsp3) is 0.192. The first-order chi connectivity index (χ1) is 15.7. The van der Waals surface area contributed by atoms with Crippen molar-refractivity contribution in [3.63, 3.8) is 0 Å². The van der Waals surface area contributed by atoms with Crippen LogP contribution in [0.4, 0.5) is 5.69 Å². The summed E-state index contributed by atoms with van der Waals surface area (Å²) >= 11 is 6.25. The summed E-state index contributed by atoms with van der Waals surface area (Å²) in [6.45, 7) is 5.21. The summed E-state index contributed by atoms with van der Waals surface area (Å²) in [4.78, 5) is 37.9. The summed E-state index contributed by atoms with van der Waals surface area (Å²) in [6, 6.07) is 16.9. The second-order valence-electron chi connectivity index (χ2n) is 7.57. The van der Waals surface area contributed by atoms with Crippen molar-refractivity contribution in [1.29, 1.82) is 0 Å². The van der Waals surface area contributed by atoms with Gasteiger partial charge in [0.25, 0.3) is 0 Å². The first-order valence-corrected chi connectivity index (χ1v) is 10.6. The Balaban J connectivity index is 1.99. The molecule has 33 heavy (non-hydrogen) atoms. The normalized spacial score (nSPS) is 11.4. The van der Waals surface area contributed by atoms with E-state index in [0.717, 1.165) is 11.1 Å². The number of ketones is 1. The number of ether oxygens (including phenoxy) is 2. The maximum Gasteiger partial charge on any atom is 0.343 e. The summed E-state index contributed by atoms with van der Waals surface area (Å²) < 4.78 is 11.0. The lowest BCUT2D eigenvalue weighted by Gasteiger charge is -2.19. The molecule has 3 rings (SSSR count). The molecule has 0 fully saturated rings. The second-order valence-corrected chi connectivity index (χ2v) is 7.98. The molecule has 0 bridgehead atoms. The Labute approximate surface area is 197 Å². The minimum Gasteiger partial charge on any atom is -0.496 e. The van der Waals surface area contributed by atoms with Crippen LogP contribution in [0.3, 0.4) is 0 Å². The van der Waals surface area contributed by atoms with E-state index in [1.807, 2.05) is 26.0 Å². The fourth-order valence-electron chi connectivity index (χ4n) is 3.28. The van der Waals surface area contributed by atoms with E-state index in [2.05, 4.69) is 5.32 Å². The molecular formula is C26H24ClNO5. The van der Waals surface area contributed by atoms with Gasteiger partial charge in [-0.2, -0.15) is 0 Å². The van der Waals surface area contributed by atoms with Gasteiger partial charge >= 0.3 is 5.97 Å². The highest BCUT2D eigenvalue weighted by Gasteiger charge is 2.28. The molecule has 1 atom stereocenters. The van der Waals surface area contributed by atoms with Crippen LogP contribution >= 0.6 is 11.6 Å². The Morgan fingerprint density at radius 1 is 0.939 bits per heavy atom. The lowest BCUT2D eigenvalue weighted by molar-refractivity contribution is -0.114. The van der Waals surface area contributed by atoms with Crippen molar-refractivity contribution >= 4 is 34.9 Å². The number of anilines is 1. The van der Waals surface area contributed by atoms with Crippen LogP contribution in [-0.2, 0) is 9.53 Å². The van der Waals surface area contributed by atoms with Crippen LogP contribution in [0.25, 0.3) is 0 Å². The van der Waals surface area contributed by atoms with Crippen molar-refractivity contribution in [2.45, 2.75) is 26.9 Å². The third kappa shape index (κ3) is 5.59. The SMILES string of the molecule is COc1cc(NC(C)=O)c(Cl)cc1C(=O)O[C@H](C(=O)c1ccc(C)c(C)c1)c1ccccc1. The molecule has 170 valence electrons. The van der Waals surface area contributed by atoms with Gasteiger partial charge in [0, 0.05) is 24.1 Å². The molecule has 0 aliphatic rings. The quantitative estimate of drug-likeness (QED) is 0.357. The molecule has 0 saturated heterocycles. The van der Waals surface area contributed by atoms with Gasteiger partial charge in [-0.1, -0.05) is 54.1 Å². The number of halogens is 1. The molecule has 0 heterocycles. The topological polar surface area (TPSA) is 81.7 Å². The van der Waals surface area contributed by atoms with E-state index >= 15 is 0 Å². The molecule has 0 aliphatic carbocycles. The summed E-state index contributed by atoms with van der Waals surface area (Å²) in [7, 11) is 1.38. The summed E-state index contributed by atoms with van der Waals surface area (Å²) in [5, 5.41) is 2.71. The number of methoxy groups -OCH3 is 1. The molecule has 0 radical (unpaired) electrons. The van der Waals surface area contributed by atoms with Crippen molar-refractivity contribution in [3.8, 4) is 5.75 Å². The van der Waals surface area contributed by atoms with Crippen LogP contribution in [0.1, 0.15) is 50.4 Å². The fourth-order valence-corrected chi connectivity index (χ4v) is 3.50. The number of aryl methyl sites for hydroxylation is 2. The van der Waals surface area contributed by atoms with Gasteiger partial charge in [0.05, 0.1) is 17.8 Å². The maximum absolute atomic E-state index is 13.4. The van der Waals surface area contributed by atoms with Gasteiger partial charge in [0.15, 0.2) is 6.10 Å². The largest absolute Gasteiger partial charge is 0.496 e. The van der Waals surface area contributed by atoms with Gasteiger partial charge in [0.1, 0.15) is 11.3 Å². The monoisotopic (exact) mass is 465 g/mol. The molecule has 7 heteroatoms. The number of rotatable bonds is 7. The van der Waals surface area contributed by atoms with Crippen LogP contribution in [0.2, 0.25) is 5.02 Å². The standard InChI is InChI=1S/C26H24ClNO5/c1-15-10-11-19(12-16(15)2)24(30)25(18-8-6-5-7-9-18)33-26(31)20-13-21(27)22(28-17(3)29)14-23(20)32-4/h5-14,25H,1-4H3,(H,28,29)/t25-/m0/s1. The predicted molar refractivity (Wildman–Crippen MR) is 127 cm³/mol. The molecule has 0 aliphatic heterocycles. The third-order valence-corrected chi connectivity index (χ3v) is 5.49. The van der Waals surface area contributed by atoms with Gasteiger partial charge in [-0.05, 0) is 37.1 Å². The lowest BCUT2D eigenvalue weighted by atomic mass is 9.97. The number of hydrogen-bond donors (Lipinski definition) is 1. The van der Waals surface area contributed by atoms with Crippen LogP contribution < -0.4 is 10.1 Å². The number of benzene rings is 3. The van der Waals surface area contributed by atoms with Crippen molar-refractivity contribution < 1.29 is 23.9 Å². The lowest BCUT2D eigenvalue weighted by Crippen LogP contribution is -2.21. The van der Waals surface area contributed by atoms with Gasteiger partial charge < -0.3 is 14.8 Å². The van der Waals surface area contributed by atoms with E-state index in [1.165, 1.54) is 26.2 Å². The van der Waals surface area contributed by atoms with Crippen LogP contribution in [0, 0.1) is 13.8 Å². The number of esters is 1. The highest BCUT2D eigenvalue weighted by atomic mass is 35.5. The number of nitrogens with one attached hydrogen (secondary N) is 1. The molecule has 0 saturated carbocycles. The van der Waals surface area contributed by atoms with E-state index in [0.29, 0.717) is 16.8 Å². The molecule has 0 spiro atoms. The summed E-state index contributed by atoms with van der Waals surface area (Å²) in [6.07, 6.45) is -1.17. The van der Waals surface area contributed by atoms with E-state index in [4.69, 9.17) is 21.1 Å². The molecular weight excluding hydrogens is 442 g/mol. The zero-order chi connectivity index (χ0) is 24.1. The Morgan fingerprint density at radius 2 is 1.64 bits per heavy atom. The zero-order valence-corrected chi connectivity index (χ0v) is 19.5. The Hall–Kier alpha value is -3.64. The molecule has 1 N–H and O–H groups in total. The molecule has 0 unspecified atom stereocenters. The van der Waals surface area contributed by atoms with Gasteiger partial charge in [-0.15, -0.1) is 0 Å². The van der Waals surface area contributed by atoms with E-state index < -0.39 is 12.1 Å². The van der Waals surface area contributed by atoms with E-state index in [-0.39, 0.29) is 28.0 Å². The van der Waals surface area contributed by atoms with Crippen molar-refractivity contribution in [1.82, 2.24) is 0 Å². The third-order valence-electron chi connectivity index (χ3n) is 5.18. The van der Waals surface area contributed by atoms with Gasteiger partial charge in [0.2, 0.25) is 11.7 Å². The molecule has 3 aromatic carbocycles. The smallest absolute Gasteiger partial charge is 0.343 e. The zero-order valence-electron chi connectivity index (χ0n) is 18.8. The predicted octanol–water partition coefficient (Wildman–Crippen LogP) is 5.70. The van der Waals surface area contributed by atoms with Crippen LogP contribution in [-0.4, -0.2) is 24.8 Å². The van der Waals surface area contributed by atoms with Crippen molar-refractivity contribution in [2.75, 3.05) is 12.4 Å². The first-order valence-electron chi connectivity index (χ1n) is 10.2. The number of Topliss-reactive ketones (excluding diaryl/α,β-unsaturated/α-hetero) is 1. The summed E-state index contributed by atoms with van der Waals surface area (Å²) in [5.41, 5.74) is 3.31. The minimum absolute atomic E-state index is 0.0328. The van der Waals surface area contributed by atoms with Crippen molar-refractivity contribution in [3.05, 3.63) is 93.5 Å². The first kappa shape index (κ1) is 24.0. The summed E-state index contributed by atoms with van der Waals surface area (Å²) in [5.74, 6) is -1.30. The molecule has 3 aromatic rings. The average Bonchev–Trinajstić information content (AvgIpc) is 2.80. The van der Waals surface area contributed by atoms with Gasteiger partial charge in [-0.3, -0.25) is 9.59 Å². The van der Waals surface area contributed by atoms with Crippen LogP contribution in [0.15, 0.2) is 60.7 Å². The number of amides is 1. The number of carbonyl (C=O) groups is 3. The molecule has 6 nitrogen and oxygen atoms in total. The average molecular weight is 466 g/mol. The number of hydrogen-bond acceptors (Lipinski definition) is 5. The van der Waals surface area contributed by atoms with Crippen molar-refractivity contribution in [2.24, 2.45) is 0 Å². The Bertz CT molecular complexity index is 1210. The molecule has 0 aromatic heterocycles. The number of carbonyl (C=O) groups excluding carboxylic acids is 3. The minimum atomic E-state index is -1.17. The van der Waals surface area contributed by atoms with Gasteiger partial charge in [-0.25, -0.2) is 4.79 Å².